The highest BCUT2D eigenvalue weighted by Gasteiger charge is 2.42. The van der Waals surface area contributed by atoms with Crippen LogP contribution in [0.5, 0.6) is 0 Å². The molecule has 37 nitrogen and oxygen atoms in total. The van der Waals surface area contributed by atoms with E-state index in [1.165, 1.54) is 0 Å². The van der Waals surface area contributed by atoms with Gasteiger partial charge in [-0.3, -0.25) is 72.1 Å². The number of esters is 1. The number of carbonyl (C=O) groups is 15. The number of aliphatic carboxylic acids is 3. The number of aliphatic imine (C=N–C) groups is 1. The third kappa shape index (κ3) is 38.2. The average molecular weight is 1610 g/mol. The normalized spacial score (nSPS) is 16.1. The minimum atomic E-state index is -1.90. The third-order valence-electron chi connectivity index (χ3n) is 17.9. The van der Waals surface area contributed by atoms with Crippen LogP contribution < -0.4 is 76.1 Å². The molecule has 0 aromatic heterocycles. The lowest BCUT2D eigenvalue weighted by Gasteiger charge is -2.31. The molecule has 1 fully saturated rings. The first-order valence-electron chi connectivity index (χ1n) is 37.7. The van der Waals surface area contributed by atoms with Crippen molar-refractivity contribution < 1.29 is 102 Å². The zero-order chi connectivity index (χ0) is 83.4. The smallest absolute Gasteiger partial charge is 0.328 e. The molecule has 0 radical (unpaired) electrons. The van der Waals surface area contributed by atoms with Crippen molar-refractivity contribution in [3.63, 3.8) is 0 Å². The van der Waals surface area contributed by atoms with E-state index in [2.05, 4.69) is 77.7 Å². The van der Waals surface area contributed by atoms with Crippen LogP contribution in [-0.2, 0) is 83.1 Å². The molecule has 0 unspecified atom stereocenters. The number of unbranched alkanes of at least 4 members (excludes halogenated alkanes) is 7. The van der Waals surface area contributed by atoms with E-state index in [4.69, 9.17) is 27.7 Å². The van der Waals surface area contributed by atoms with Gasteiger partial charge in [0.05, 0.1) is 24.7 Å². The van der Waals surface area contributed by atoms with Crippen LogP contribution in [0.15, 0.2) is 35.3 Å². The lowest BCUT2D eigenvalue weighted by Crippen LogP contribution is -2.62. The van der Waals surface area contributed by atoms with Gasteiger partial charge >= 0.3 is 23.9 Å². The van der Waals surface area contributed by atoms with Crippen molar-refractivity contribution in [2.45, 2.75) is 262 Å². The summed E-state index contributed by atoms with van der Waals surface area (Å²) >= 11 is 5.34. The predicted octanol–water partition coefficient (Wildman–Crippen LogP) is -2.19. The first-order valence-corrected chi connectivity index (χ1v) is 39.5. The summed E-state index contributed by atoms with van der Waals surface area (Å²) in [4.78, 5) is 210. The van der Waals surface area contributed by atoms with E-state index in [-0.39, 0.29) is 107 Å². The Balaban J connectivity index is 2.66. The second-order valence-electron chi connectivity index (χ2n) is 28.2. The van der Waals surface area contributed by atoms with Crippen molar-refractivity contribution in [3.05, 3.63) is 35.9 Å². The van der Waals surface area contributed by atoms with E-state index in [0.717, 1.165) is 69.0 Å². The van der Waals surface area contributed by atoms with E-state index in [9.17, 15) is 87.9 Å². The molecular weight excluding hydrogens is 1490 g/mol. The Labute approximate surface area is 657 Å². The second kappa shape index (κ2) is 53.1. The number of nitrogens with zero attached hydrogens (tertiary/aromatic N) is 2. The van der Waals surface area contributed by atoms with E-state index in [0.29, 0.717) is 18.4 Å². The summed E-state index contributed by atoms with van der Waals surface area (Å²) in [6.45, 7) is 11.0. The maximum absolute atomic E-state index is 15.1. The lowest BCUT2D eigenvalue weighted by molar-refractivity contribution is -0.145. The molecule has 0 spiro atoms. The molecule has 1 aromatic carbocycles. The van der Waals surface area contributed by atoms with E-state index in [1.54, 1.807) is 58.0 Å². The summed E-state index contributed by atoms with van der Waals surface area (Å²) in [5.74, 6) is -17.4. The largest absolute Gasteiger partial charge is 0.481 e. The van der Waals surface area contributed by atoms with Gasteiger partial charge in [-0.2, -0.15) is 24.4 Å². The van der Waals surface area contributed by atoms with Gasteiger partial charge in [-0.25, -0.2) is 4.79 Å². The number of nitrogens with two attached hydrogens (primary N) is 4. The number of likely N-dealkylation sites (tertiary alicyclic amines) is 1. The number of guanidine groups is 1. The Morgan fingerprint density at radius 2 is 1.10 bits per heavy atom. The Morgan fingerprint density at radius 3 is 1.68 bits per heavy atom. The van der Waals surface area contributed by atoms with E-state index in [1.807, 2.05) is 0 Å². The minimum Gasteiger partial charge on any atom is -0.481 e. The number of benzene rings is 1. The molecule has 11 amide bonds. The van der Waals surface area contributed by atoms with Gasteiger partial charge in [0.25, 0.3) is 0 Å². The van der Waals surface area contributed by atoms with Crippen LogP contribution in [0, 0.1) is 11.8 Å². The molecule has 0 saturated carbocycles. The summed E-state index contributed by atoms with van der Waals surface area (Å²) in [6, 6.07) is -10.4. The summed E-state index contributed by atoms with van der Waals surface area (Å²) in [6.07, 6.45) is 1.54. The van der Waals surface area contributed by atoms with Crippen molar-refractivity contribution >= 4 is 119 Å². The van der Waals surface area contributed by atoms with Gasteiger partial charge in [-0.1, -0.05) is 103 Å². The Kier molecular flexibility index (Phi) is 47.0. The first-order chi connectivity index (χ1) is 52.5. The van der Waals surface area contributed by atoms with Crippen molar-refractivity contribution in [1.82, 2.24) is 58.1 Å². The van der Waals surface area contributed by atoms with E-state index >= 15 is 9.59 Å². The molecule has 14 atom stereocenters. The minimum absolute atomic E-state index is 0.0292. The van der Waals surface area contributed by atoms with Crippen LogP contribution in [-0.4, -0.2) is 253 Å². The topological polar surface area (TPSA) is 606 Å². The van der Waals surface area contributed by atoms with Crippen molar-refractivity contribution in [1.29, 1.82) is 0 Å². The molecule has 1 aliphatic rings. The van der Waals surface area contributed by atoms with Crippen LogP contribution in [0.25, 0.3) is 0 Å². The number of rotatable bonds is 56. The molecule has 23 N–H and O–H groups in total. The van der Waals surface area contributed by atoms with Gasteiger partial charge in [0, 0.05) is 49.6 Å². The van der Waals surface area contributed by atoms with Gasteiger partial charge in [0.1, 0.15) is 67.0 Å². The van der Waals surface area contributed by atoms with Gasteiger partial charge < -0.3 is 111 Å². The quantitative estimate of drug-likeness (QED) is 0.0108. The Bertz CT molecular complexity index is 3230. The average Bonchev–Trinajstić information content (AvgIpc) is 1.75. The summed E-state index contributed by atoms with van der Waals surface area (Å²) in [5.41, 5.74) is 23.4. The monoisotopic (exact) mass is 1610 g/mol. The maximum Gasteiger partial charge on any atom is 0.328 e. The molecule has 1 heterocycles. The maximum atomic E-state index is 15.1. The highest BCUT2D eigenvalue weighted by molar-refractivity contribution is 7.99. The van der Waals surface area contributed by atoms with Gasteiger partial charge in [0.2, 0.25) is 65.0 Å². The highest BCUT2D eigenvalue weighted by Crippen LogP contribution is 2.22. The highest BCUT2D eigenvalue weighted by atomic mass is 32.2. The predicted molar refractivity (Wildman–Crippen MR) is 414 cm³/mol. The second-order valence-corrected chi connectivity index (χ2v) is 29.7. The summed E-state index contributed by atoms with van der Waals surface area (Å²) in [5, 5.41) is 74.7. The van der Waals surface area contributed by atoms with Crippen molar-refractivity contribution in [2.75, 3.05) is 43.5 Å². The number of thiol groups is 1. The molecule has 626 valence electrons. The number of ether oxygens (including phenoxy) is 1. The molecule has 111 heavy (non-hydrogen) atoms. The number of nitrogens with one attached hydrogen (secondary N) is 10. The van der Waals surface area contributed by atoms with Crippen LogP contribution in [0.1, 0.15) is 176 Å². The molecule has 1 saturated heterocycles. The van der Waals surface area contributed by atoms with Gasteiger partial charge in [-0.05, 0) is 102 Å². The number of thioether (sulfide) groups is 1. The number of carboxylic acid groups (broad SMARTS) is 3. The number of carbonyl (C=O) groups excluding carboxylic acids is 12. The number of aliphatic hydroxyl groups excluding tert-OH is 2. The number of hydrogen-bond donors (Lipinski definition) is 20. The fraction of sp³-hybridized carbons (Fsp3) is 0.694. The molecule has 0 bridgehead atoms. The summed E-state index contributed by atoms with van der Waals surface area (Å²) < 4.78 is 5.52. The molecule has 1 aromatic rings. The molecule has 2 rings (SSSR count). The van der Waals surface area contributed by atoms with Gasteiger partial charge in [0.15, 0.2) is 12.0 Å². The summed E-state index contributed by atoms with van der Waals surface area (Å²) in [7, 11) is 0. The number of amides is 11. The zero-order valence-corrected chi connectivity index (χ0v) is 66.3. The fourth-order valence-electron chi connectivity index (χ4n) is 11.6. The zero-order valence-electron chi connectivity index (χ0n) is 64.5. The fourth-order valence-corrected chi connectivity index (χ4v) is 12.7. The standard InChI is InChI=1S/C72H120N16O21S2/c1-8-9-10-11-12-13-17-27-56(95)109-33-34-111-39-52(85-62(98)48(35-40(2)3)81-63(99)49(36-44-22-15-14-16-23-44)82-65(101)51(38-110)84-64(100)50(37-55(93)94)83-68(104)57(74)41(4)5)66(102)80-47(25-20-31-77-72(75)76)70(106)88-32-21-26-53(88)67(103)86-58(42(6)89)69(105)79-46(28-29-54(91)92)60(96)78-45(24-18-19-30-73)61(97)87-59(43(7)90)71(107)108/h14-16,22-23,40-43,45-53,57-59,89-90,110H,8-13,17-21,24-39,73-74H2,1-7H3,(H,78,96)(H,79,105)(H,80,102)(H,81,99)(H,82,101)(H,83,104)(H,84,100)(H,85,98)(H,86,103)(H,87,97)(H,91,92)(H,93,94)(H,107,108)(H4,75,76,77)/t42-,43-,45+,46+,47+,48+,49+,50+,51+,52+,53+,57+,58+,59+/m1/s1. The molecule has 0 aliphatic carbocycles. The number of hydrogen-bond acceptors (Lipinski definition) is 23. The van der Waals surface area contributed by atoms with Crippen LogP contribution in [0.2, 0.25) is 0 Å². The molecular formula is C72H120N16O21S2. The van der Waals surface area contributed by atoms with Crippen LogP contribution >= 0.6 is 24.4 Å². The van der Waals surface area contributed by atoms with Gasteiger partial charge in [-0.15, -0.1) is 0 Å². The van der Waals surface area contributed by atoms with Crippen molar-refractivity contribution in [2.24, 2.45) is 39.8 Å². The molecule has 39 heteroatoms. The number of aliphatic hydroxyl groups is 2. The Hall–Kier alpha value is -8.92. The van der Waals surface area contributed by atoms with E-state index < -0.39 is 204 Å². The SMILES string of the molecule is CCCCCCCCCC(=O)OCCSC[C@H](NC(=O)[C@H](CC(C)C)NC(=O)[C@H](Cc1ccccc1)NC(=O)[C@H](CS)NC(=O)[C@H](CC(=O)O)NC(=O)[C@@H](N)C(C)C)C(=O)N[C@@H](CCCN=C(N)N)C(=O)N1CCC[C@H]1C(=O)N[C@H](C(=O)N[C@@H](CCC(=O)O)C(=O)N[C@@H](CCCCN)C(=O)N[C@H](C(=O)O)[C@@H](C)O)[C@@H](C)O. The number of carboxylic acids is 3. The van der Waals surface area contributed by atoms with Crippen LogP contribution in [0.4, 0.5) is 0 Å². The first kappa shape index (κ1) is 98.2. The third-order valence-corrected chi connectivity index (χ3v) is 19.3. The molecule has 1 aliphatic heterocycles. The lowest BCUT2D eigenvalue weighted by atomic mass is 10.0. The Morgan fingerprint density at radius 1 is 0.577 bits per heavy atom. The van der Waals surface area contributed by atoms with Crippen molar-refractivity contribution in [3.8, 4) is 0 Å². The van der Waals surface area contributed by atoms with Crippen LogP contribution in [0.3, 0.4) is 0 Å².